The van der Waals surface area contributed by atoms with Gasteiger partial charge in [0, 0.05) is 45.2 Å². The number of hydrogen-bond donors (Lipinski definition) is 2. The second-order valence-electron chi connectivity index (χ2n) is 6.82. The van der Waals surface area contributed by atoms with Crippen molar-refractivity contribution in [3.63, 3.8) is 0 Å². The summed E-state index contributed by atoms with van der Waals surface area (Å²) in [6.07, 6.45) is 2.48. The molecule has 0 bridgehead atoms. The molecule has 1 aromatic heterocycles. The zero-order chi connectivity index (χ0) is 19.8. The van der Waals surface area contributed by atoms with Crippen LogP contribution in [0.1, 0.15) is 33.1 Å². The Bertz CT molecular complexity index is 644. The van der Waals surface area contributed by atoms with Crippen LogP contribution in [0.4, 0.5) is 5.82 Å². The fraction of sp³-hybridized carbons (Fsp3) is 0.579. The van der Waals surface area contributed by atoms with Crippen molar-refractivity contribution >= 4 is 23.6 Å². The maximum atomic E-state index is 12.4. The van der Waals surface area contributed by atoms with Gasteiger partial charge in [0.15, 0.2) is 0 Å². The Morgan fingerprint density at radius 2 is 1.89 bits per heavy atom. The summed E-state index contributed by atoms with van der Waals surface area (Å²) in [6, 6.07) is 4.82. The first-order valence-corrected chi connectivity index (χ1v) is 9.38. The Morgan fingerprint density at radius 1 is 1.19 bits per heavy atom. The Hall–Kier alpha value is -2.64. The third-order valence-corrected chi connectivity index (χ3v) is 4.97. The lowest BCUT2D eigenvalue weighted by Gasteiger charge is -2.35. The third kappa shape index (κ3) is 5.94. The molecule has 2 rings (SSSR count). The van der Waals surface area contributed by atoms with Gasteiger partial charge in [-0.25, -0.2) is 9.78 Å². The summed E-state index contributed by atoms with van der Waals surface area (Å²) >= 11 is 0. The van der Waals surface area contributed by atoms with E-state index in [1.165, 1.54) is 0 Å². The van der Waals surface area contributed by atoms with Crippen LogP contribution in [0.2, 0.25) is 0 Å². The zero-order valence-electron chi connectivity index (χ0n) is 15.9. The first kappa shape index (κ1) is 20.7. The summed E-state index contributed by atoms with van der Waals surface area (Å²) in [5, 5.41) is 11.8. The maximum absolute atomic E-state index is 12.4. The number of pyridine rings is 1. The molecule has 0 aromatic carbocycles. The molecule has 1 aliphatic heterocycles. The van der Waals surface area contributed by atoms with Gasteiger partial charge in [-0.3, -0.25) is 9.59 Å². The van der Waals surface area contributed by atoms with Crippen molar-refractivity contribution < 1.29 is 19.5 Å². The number of rotatable bonds is 8. The minimum atomic E-state index is -1.05. The van der Waals surface area contributed by atoms with Crippen molar-refractivity contribution in [2.24, 2.45) is 5.92 Å². The van der Waals surface area contributed by atoms with Gasteiger partial charge in [-0.15, -0.1) is 0 Å². The van der Waals surface area contributed by atoms with Gasteiger partial charge in [0.1, 0.15) is 11.9 Å². The molecule has 0 radical (unpaired) electrons. The first-order valence-electron chi connectivity index (χ1n) is 9.38. The van der Waals surface area contributed by atoms with Crippen LogP contribution in [0.5, 0.6) is 0 Å². The molecule has 2 N–H and O–H groups in total. The predicted octanol–water partition coefficient (Wildman–Crippen LogP) is 1.13. The summed E-state index contributed by atoms with van der Waals surface area (Å²) in [7, 11) is 0. The molecular weight excluding hydrogens is 348 g/mol. The zero-order valence-corrected chi connectivity index (χ0v) is 15.9. The Morgan fingerprint density at radius 3 is 2.44 bits per heavy atom. The van der Waals surface area contributed by atoms with Gasteiger partial charge in [-0.2, -0.15) is 0 Å². The average Bonchev–Trinajstić information content (AvgIpc) is 2.70. The summed E-state index contributed by atoms with van der Waals surface area (Å²) in [5.41, 5.74) is 0. The van der Waals surface area contributed by atoms with E-state index in [1.807, 2.05) is 25.1 Å². The maximum Gasteiger partial charge on any atom is 0.326 e. The van der Waals surface area contributed by atoms with Crippen LogP contribution in [0.3, 0.4) is 0 Å². The van der Waals surface area contributed by atoms with Crippen molar-refractivity contribution in [2.75, 3.05) is 31.1 Å². The molecule has 0 saturated carbocycles. The standard InChI is InChI=1S/C19H28N4O4/c1-3-14(2)18(19(26)27)21-16(24)7-8-17(25)23-12-10-22(11-13-23)15-6-4-5-9-20-15/h4-6,9,14,18H,3,7-8,10-13H2,1-2H3,(H,21,24)(H,26,27)/t14-,18-/m0/s1. The number of carbonyl (C=O) groups is 3. The van der Waals surface area contributed by atoms with Gasteiger partial charge in [-0.1, -0.05) is 26.3 Å². The molecular formula is C19H28N4O4. The van der Waals surface area contributed by atoms with Gasteiger partial charge in [0.2, 0.25) is 11.8 Å². The molecule has 8 nitrogen and oxygen atoms in total. The van der Waals surface area contributed by atoms with Gasteiger partial charge in [0.25, 0.3) is 0 Å². The highest BCUT2D eigenvalue weighted by Gasteiger charge is 2.26. The number of carbonyl (C=O) groups excluding carboxylic acids is 2. The van der Waals surface area contributed by atoms with E-state index in [1.54, 1.807) is 18.0 Å². The molecule has 27 heavy (non-hydrogen) atoms. The van der Waals surface area contributed by atoms with Crippen LogP contribution >= 0.6 is 0 Å². The van der Waals surface area contributed by atoms with Crippen molar-refractivity contribution in [1.82, 2.24) is 15.2 Å². The molecule has 1 saturated heterocycles. The molecule has 148 valence electrons. The quantitative estimate of drug-likeness (QED) is 0.705. The number of hydrogen-bond acceptors (Lipinski definition) is 5. The lowest BCUT2D eigenvalue weighted by Crippen LogP contribution is -2.49. The molecule has 0 aliphatic carbocycles. The Kier molecular flexibility index (Phi) is 7.57. The minimum absolute atomic E-state index is 0.000493. The molecule has 2 atom stereocenters. The topological polar surface area (TPSA) is 103 Å². The number of nitrogens with zero attached hydrogens (tertiary/aromatic N) is 3. The van der Waals surface area contributed by atoms with E-state index >= 15 is 0 Å². The Labute approximate surface area is 159 Å². The normalized spacial score (nSPS) is 16.5. The SMILES string of the molecule is CC[C@H](C)[C@H](NC(=O)CCC(=O)N1CCN(c2ccccn2)CC1)C(=O)O. The molecule has 1 aromatic rings. The van der Waals surface area contributed by atoms with Crippen LogP contribution in [0.15, 0.2) is 24.4 Å². The summed E-state index contributed by atoms with van der Waals surface area (Å²) in [4.78, 5) is 43.8. The highest BCUT2D eigenvalue weighted by molar-refractivity contribution is 5.87. The lowest BCUT2D eigenvalue weighted by molar-refractivity contribution is -0.143. The number of amides is 2. The van der Waals surface area contributed by atoms with Crippen LogP contribution in [-0.2, 0) is 14.4 Å². The summed E-state index contributed by atoms with van der Waals surface area (Å²) in [5.74, 6) is -0.797. The van der Waals surface area contributed by atoms with Crippen molar-refractivity contribution in [1.29, 1.82) is 0 Å². The minimum Gasteiger partial charge on any atom is -0.480 e. The van der Waals surface area contributed by atoms with Gasteiger partial charge < -0.3 is 20.2 Å². The van der Waals surface area contributed by atoms with E-state index in [-0.39, 0.29) is 24.7 Å². The highest BCUT2D eigenvalue weighted by atomic mass is 16.4. The van der Waals surface area contributed by atoms with E-state index in [4.69, 9.17) is 0 Å². The van der Waals surface area contributed by atoms with Crippen molar-refractivity contribution in [2.45, 2.75) is 39.2 Å². The molecule has 1 fully saturated rings. The average molecular weight is 376 g/mol. The van der Waals surface area contributed by atoms with Gasteiger partial charge in [-0.05, 0) is 18.1 Å². The Balaban J connectivity index is 1.76. The number of anilines is 1. The molecule has 0 unspecified atom stereocenters. The van der Waals surface area contributed by atoms with E-state index in [2.05, 4.69) is 15.2 Å². The molecule has 2 amide bonds. The first-order chi connectivity index (χ1) is 12.9. The molecule has 2 heterocycles. The number of carboxylic acid groups (broad SMARTS) is 1. The summed E-state index contributed by atoms with van der Waals surface area (Å²) in [6.45, 7) is 6.23. The summed E-state index contributed by atoms with van der Waals surface area (Å²) < 4.78 is 0. The van der Waals surface area contributed by atoms with E-state index in [0.717, 1.165) is 5.82 Å². The number of aliphatic carboxylic acids is 1. The number of nitrogens with one attached hydrogen (secondary N) is 1. The lowest BCUT2D eigenvalue weighted by atomic mass is 9.99. The van der Waals surface area contributed by atoms with Crippen LogP contribution in [0, 0.1) is 5.92 Å². The fourth-order valence-corrected chi connectivity index (χ4v) is 3.03. The largest absolute Gasteiger partial charge is 0.480 e. The van der Waals surface area contributed by atoms with Gasteiger partial charge >= 0.3 is 5.97 Å². The van der Waals surface area contributed by atoms with Crippen LogP contribution in [-0.4, -0.2) is 65.0 Å². The van der Waals surface area contributed by atoms with Crippen LogP contribution < -0.4 is 10.2 Å². The highest BCUT2D eigenvalue weighted by Crippen LogP contribution is 2.13. The number of carboxylic acids is 1. The smallest absolute Gasteiger partial charge is 0.326 e. The van der Waals surface area contributed by atoms with Crippen molar-refractivity contribution in [3.05, 3.63) is 24.4 Å². The molecule has 8 heteroatoms. The van der Waals surface area contributed by atoms with E-state index < -0.39 is 17.9 Å². The molecule has 1 aliphatic rings. The molecule has 0 spiro atoms. The van der Waals surface area contributed by atoms with Crippen molar-refractivity contribution in [3.8, 4) is 0 Å². The predicted molar refractivity (Wildman–Crippen MR) is 101 cm³/mol. The number of piperazine rings is 1. The van der Waals surface area contributed by atoms with E-state index in [9.17, 15) is 19.5 Å². The van der Waals surface area contributed by atoms with Gasteiger partial charge in [0.05, 0.1) is 0 Å². The van der Waals surface area contributed by atoms with E-state index in [0.29, 0.717) is 32.6 Å². The second-order valence-corrected chi connectivity index (χ2v) is 6.82. The second kappa shape index (κ2) is 9.89. The number of aromatic nitrogens is 1. The fourth-order valence-electron chi connectivity index (χ4n) is 3.03. The third-order valence-electron chi connectivity index (χ3n) is 4.97. The van der Waals surface area contributed by atoms with Crippen LogP contribution in [0.25, 0.3) is 0 Å². The monoisotopic (exact) mass is 376 g/mol.